The summed E-state index contributed by atoms with van der Waals surface area (Å²) in [6.45, 7) is 14.1. The van der Waals surface area contributed by atoms with Gasteiger partial charge in [0.15, 0.2) is 0 Å². The first-order chi connectivity index (χ1) is 8.50. The lowest BCUT2D eigenvalue weighted by Crippen LogP contribution is -1.98. The van der Waals surface area contributed by atoms with Crippen LogP contribution >= 0.6 is 0 Å². The van der Waals surface area contributed by atoms with Crippen molar-refractivity contribution in [2.45, 2.75) is 20.8 Å². The summed E-state index contributed by atoms with van der Waals surface area (Å²) in [6.07, 6.45) is 4.12. The second-order valence-electron chi connectivity index (χ2n) is 4.45. The fourth-order valence-corrected chi connectivity index (χ4v) is 1.29. The van der Waals surface area contributed by atoms with Crippen LogP contribution in [0.1, 0.15) is 20.8 Å². The predicted octanol–water partition coefficient (Wildman–Crippen LogP) is 5.08. The first kappa shape index (κ1) is 14.0. The van der Waals surface area contributed by atoms with Crippen LogP contribution in [0.3, 0.4) is 0 Å². The molecule has 0 unspecified atom stereocenters. The van der Waals surface area contributed by atoms with Crippen molar-refractivity contribution in [3.63, 3.8) is 0 Å². The molecule has 0 radical (unpaired) electrons. The largest absolute Gasteiger partial charge is 0.356 e. The van der Waals surface area contributed by atoms with Crippen molar-refractivity contribution in [1.29, 1.82) is 0 Å². The van der Waals surface area contributed by atoms with Crippen LogP contribution in [0.2, 0.25) is 0 Å². The Hall–Kier alpha value is -2.02. The lowest BCUT2D eigenvalue weighted by Gasteiger charge is -2.09. The van der Waals surface area contributed by atoms with Crippen LogP contribution in [0.5, 0.6) is 0 Å². The van der Waals surface area contributed by atoms with Crippen LogP contribution in [0.15, 0.2) is 78.1 Å². The van der Waals surface area contributed by atoms with Crippen molar-refractivity contribution < 1.29 is 0 Å². The first-order valence-corrected chi connectivity index (χ1v) is 6.03. The molecule has 0 atom stereocenters. The van der Waals surface area contributed by atoms with Crippen molar-refractivity contribution in [2.75, 3.05) is 5.32 Å². The highest BCUT2D eigenvalue weighted by Gasteiger charge is 1.96. The van der Waals surface area contributed by atoms with E-state index >= 15 is 0 Å². The minimum absolute atomic E-state index is 0.909. The summed E-state index contributed by atoms with van der Waals surface area (Å²) >= 11 is 0. The highest BCUT2D eigenvalue weighted by Crippen LogP contribution is 2.14. The van der Waals surface area contributed by atoms with Gasteiger partial charge in [0.05, 0.1) is 0 Å². The molecular weight excluding hydrogens is 218 g/mol. The number of nitrogens with one attached hydrogen (secondary N) is 1. The Morgan fingerprint density at radius 2 is 1.50 bits per heavy atom. The van der Waals surface area contributed by atoms with Crippen LogP contribution in [0.4, 0.5) is 5.69 Å². The number of para-hydroxylation sites is 1. The number of allylic oxidation sites excluding steroid dienone is 5. The van der Waals surface area contributed by atoms with Gasteiger partial charge in [0.2, 0.25) is 0 Å². The molecule has 1 nitrogen and oxygen atoms in total. The van der Waals surface area contributed by atoms with Gasteiger partial charge in [0, 0.05) is 11.4 Å². The number of anilines is 1. The molecule has 0 amide bonds. The zero-order valence-electron chi connectivity index (χ0n) is 11.5. The molecule has 1 N–H and O–H groups in total. The van der Waals surface area contributed by atoms with E-state index in [1.54, 1.807) is 0 Å². The van der Waals surface area contributed by atoms with E-state index < -0.39 is 0 Å². The third kappa shape index (κ3) is 4.46. The molecule has 0 heterocycles. The minimum Gasteiger partial charge on any atom is -0.356 e. The van der Waals surface area contributed by atoms with Crippen LogP contribution < -0.4 is 5.32 Å². The van der Waals surface area contributed by atoms with E-state index in [9.17, 15) is 0 Å². The van der Waals surface area contributed by atoms with E-state index in [-0.39, 0.29) is 0 Å². The van der Waals surface area contributed by atoms with Gasteiger partial charge in [-0.2, -0.15) is 0 Å². The maximum absolute atomic E-state index is 4.04. The summed E-state index contributed by atoms with van der Waals surface area (Å²) in [7, 11) is 0. The Kier molecular flexibility index (Phi) is 5.19. The van der Waals surface area contributed by atoms with E-state index in [4.69, 9.17) is 0 Å². The number of hydrogen-bond acceptors (Lipinski definition) is 1. The summed E-state index contributed by atoms with van der Waals surface area (Å²) in [5.41, 5.74) is 5.34. The second-order valence-corrected chi connectivity index (χ2v) is 4.45. The number of rotatable bonds is 5. The predicted molar refractivity (Wildman–Crippen MR) is 81.5 cm³/mol. The van der Waals surface area contributed by atoms with Crippen molar-refractivity contribution >= 4 is 5.69 Å². The Bertz CT molecular complexity index is 490. The molecule has 1 aromatic rings. The summed E-state index contributed by atoms with van der Waals surface area (Å²) in [4.78, 5) is 0. The van der Waals surface area contributed by atoms with Gasteiger partial charge >= 0.3 is 0 Å². The molecule has 0 bridgehead atoms. The van der Waals surface area contributed by atoms with Gasteiger partial charge < -0.3 is 5.32 Å². The third-order valence-corrected chi connectivity index (χ3v) is 2.80. The smallest absolute Gasteiger partial charge is 0.0384 e. The number of benzene rings is 1. The average molecular weight is 239 g/mol. The molecule has 0 aliphatic heterocycles. The summed E-state index contributed by atoms with van der Waals surface area (Å²) in [6, 6.07) is 10.0. The van der Waals surface area contributed by atoms with Crippen molar-refractivity contribution in [1.82, 2.24) is 0 Å². The second kappa shape index (κ2) is 6.65. The monoisotopic (exact) mass is 239 g/mol. The normalized spacial score (nSPS) is 12.2. The highest BCUT2D eigenvalue weighted by molar-refractivity contribution is 5.52. The third-order valence-electron chi connectivity index (χ3n) is 2.80. The van der Waals surface area contributed by atoms with Crippen LogP contribution in [-0.4, -0.2) is 0 Å². The maximum atomic E-state index is 4.04. The topological polar surface area (TPSA) is 12.0 Å². The first-order valence-electron chi connectivity index (χ1n) is 6.03. The Morgan fingerprint density at radius 1 is 0.944 bits per heavy atom. The van der Waals surface area contributed by atoms with Crippen LogP contribution in [0.25, 0.3) is 0 Å². The van der Waals surface area contributed by atoms with E-state index in [0.717, 1.165) is 22.5 Å². The van der Waals surface area contributed by atoms with Crippen molar-refractivity contribution in [2.24, 2.45) is 0 Å². The summed E-state index contributed by atoms with van der Waals surface area (Å²) in [5.74, 6) is 0. The minimum atomic E-state index is 0.909. The molecule has 18 heavy (non-hydrogen) atoms. The molecule has 0 aromatic heterocycles. The molecule has 0 fully saturated rings. The van der Waals surface area contributed by atoms with E-state index in [1.807, 2.05) is 44.2 Å². The molecule has 1 aromatic carbocycles. The lowest BCUT2D eigenvalue weighted by atomic mass is 10.1. The zero-order chi connectivity index (χ0) is 13.5. The molecule has 0 spiro atoms. The lowest BCUT2D eigenvalue weighted by molar-refractivity contribution is 1.33. The Morgan fingerprint density at radius 3 is 2.06 bits per heavy atom. The summed E-state index contributed by atoms with van der Waals surface area (Å²) in [5, 5.41) is 3.28. The molecule has 1 heteroatoms. The summed E-state index contributed by atoms with van der Waals surface area (Å²) < 4.78 is 0. The van der Waals surface area contributed by atoms with Gasteiger partial charge in [-0.05, 0) is 44.1 Å². The SMILES string of the molecule is C=C(C)/C(C)=C/C=C(\C)C(=C)Nc1ccccc1. The molecule has 1 rings (SSSR count). The van der Waals surface area contributed by atoms with Gasteiger partial charge in [-0.25, -0.2) is 0 Å². The van der Waals surface area contributed by atoms with Gasteiger partial charge in [-0.15, -0.1) is 0 Å². The van der Waals surface area contributed by atoms with E-state index in [0.29, 0.717) is 0 Å². The molecule has 0 aliphatic carbocycles. The van der Waals surface area contributed by atoms with Crippen LogP contribution in [-0.2, 0) is 0 Å². The highest BCUT2D eigenvalue weighted by atomic mass is 14.9. The van der Waals surface area contributed by atoms with Gasteiger partial charge in [-0.3, -0.25) is 0 Å². The molecular formula is C17H21N. The van der Waals surface area contributed by atoms with Gasteiger partial charge in [0.25, 0.3) is 0 Å². The number of hydrogen-bond donors (Lipinski definition) is 1. The maximum Gasteiger partial charge on any atom is 0.0384 e. The van der Waals surface area contributed by atoms with Crippen molar-refractivity contribution in [3.05, 3.63) is 78.1 Å². The Labute approximate surface area is 110 Å². The fraction of sp³-hybridized carbons (Fsp3) is 0.176. The fourth-order valence-electron chi connectivity index (χ4n) is 1.29. The quantitative estimate of drug-likeness (QED) is 0.706. The van der Waals surface area contributed by atoms with E-state index in [1.165, 1.54) is 5.57 Å². The van der Waals surface area contributed by atoms with Gasteiger partial charge in [0.1, 0.15) is 0 Å². The average Bonchev–Trinajstić information content (AvgIpc) is 2.36. The van der Waals surface area contributed by atoms with Crippen molar-refractivity contribution in [3.8, 4) is 0 Å². The standard InChI is InChI=1S/C17H21N/c1-13(2)14(3)11-12-15(4)16(5)18-17-9-7-6-8-10-17/h6-12,18H,1,5H2,2-4H3/b14-11+,15-12+. The Balaban J connectivity index is 2.70. The van der Waals surface area contributed by atoms with Gasteiger partial charge in [-0.1, -0.05) is 49.1 Å². The zero-order valence-corrected chi connectivity index (χ0v) is 11.5. The van der Waals surface area contributed by atoms with E-state index in [2.05, 4.69) is 37.6 Å². The molecule has 0 saturated heterocycles. The molecule has 0 aliphatic rings. The molecule has 0 saturated carbocycles. The van der Waals surface area contributed by atoms with Crippen LogP contribution in [0, 0.1) is 0 Å². The molecule has 94 valence electrons.